The first-order chi connectivity index (χ1) is 16.1. The lowest BCUT2D eigenvalue weighted by molar-refractivity contribution is -0.131. The van der Waals surface area contributed by atoms with Crippen molar-refractivity contribution in [2.45, 2.75) is 44.9 Å². The lowest BCUT2D eigenvalue weighted by atomic mass is 10.1. The summed E-state index contributed by atoms with van der Waals surface area (Å²) in [5.41, 5.74) is 2.22. The number of hydrogen-bond acceptors (Lipinski definition) is 6. The van der Waals surface area contributed by atoms with Crippen molar-refractivity contribution in [3.63, 3.8) is 0 Å². The number of carbonyl (C=O) groups excluding carboxylic acids is 1. The number of piperazine rings is 1. The van der Waals surface area contributed by atoms with E-state index in [2.05, 4.69) is 16.0 Å². The van der Waals surface area contributed by atoms with E-state index in [4.69, 9.17) is 9.72 Å². The van der Waals surface area contributed by atoms with Gasteiger partial charge in [-0.15, -0.1) is 11.3 Å². The van der Waals surface area contributed by atoms with Crippen molar-refractivity contribution in [3.05, 3.63) is 50.9 Å². The highest BCUT2D eigenvalue weighted by Gasteiger charge is 2.23. The number of thiophene rings is 1. The molecule has 1 saturated heterocycles. The van der Waals surface area contributed by atoms with Crippen molar-refractivity contribution < 1.29 is 9.53 Å². The van der Waals surface area contributed by atoms with Gasteiger partial charge < -0.3 is 19.5 Å². The van der Waals surface area contributed by atoms with Gasteiger partial charge in [0.25, 0.3) is 5.56 Å². The van der Waals surface area contributed by atoms with Crippen molar-refractivity contribution in [2.75, 3.05) is 38.2 Å². The number of fused-ring (bicyclic) bond motifs is 3. The molecule has 0 radical (unpaired) electrons. The second-order valence-electron chi connectivity index (χ2n) is 8.80. The number of benzene rings is 1. The average Bonchev–Trinajstić information content (AvgIpc) is 3.04. The van der Waals surface area contributed by atoms with Crippen LogP contribution in [0.5, 0.6) is 5.75 Å². The molecule has 1 N–H and O–H groups in total. The smallest absolute Gasteiger partial charge is 0.259 e. The molecule has 33 heavy (non-hydrogen) atoms. The summed E-state index contributed by atoms with van der Waals surface area (Å²) in [6, 6.07) is 7.98. The van der Waals surface area contributed by atoms with Crippen LogP contribution in [-0.4, -0.2) is 54.1 Å². The quantitative estimate of drug-likeness (QED) is 0.582. The van der Waals surface area contributed by atoms with Crippen molar-refractivity contribution in [2.24, 2.45) is 0 Å². The van der Waals surface area contributed by atoms with Crippen LogP contribution in [-0.2, 0) is 24.1 Å². The lowest BCUT2D eigenvalue weighted by Crippen LogP contribution is -2.49. The number of carbonyl (C=O) groups is 1. The van der Waals surface area contributed by atoms with Crippen LogP contribution >= 0.6 is 11.3 Å². The number of rotatable bonds is 5. The standard InChI is InChI=1S/C25H30N4O3S/c1-32-19-9-6-5-8-18(19)28-13-15-29(16-14-28)22(30)12-11-21-26-24(31)23-17-7-3-2-4-10-20(17)33-25(23)27-21/h5-6,8-9H,2-4,7,10-16H2,1H3,(H,26,27,31). The number of aromatic nitrogens is 2. The minimum atomic E-state index is -0.0488. The Labute approximate surface area is 197 Å². The third-order valence-corrected chi connectivity index (χ3v) is 7.94. The van der Waals surface area contributed by atoms with Gasteiger partial charge in [0.2, 0.25) is 5.91 Å². The minimum absolute atomic E-state index is 0.0488. The fourth-order valence-corrected chi connectivity index (χ4v) is 6.26. The van der Waals surface area contributed by atoms with Crippen LogP contribution in [0.25, 0.3) is 10.2 Å². The van der Waals surface area contributed by atoms with Gasteiger partial charge in [-0.3, -0.25) is 9.59 Å². The summed E-state index contributed by atoms with van der Waals surface area (Å²) < 4.78 is 5.48. The molecule has 3 heterocycles. The zero-order chi connectivity index (χ0) is 22.8. The molecule has 5 rings (SSSR count). The van der Waals surface area contributed by atoms with Crippen molar-refractivity contribution >= 4 is 33.1 Å². The summed E-state index contributed by atoms with van der Waals surface area (Å²) in [6.07, 6.45) is 6.38. The number of aryl methyl sites for hydroxylation is 3. The van der Waals surface area contributed by atoms with Crippen LogP contribution in [0.3, 0.4) is 0 Å². The van der Waals surface area contributed by atoms with Gasteiger partial charge in [-0.25, -0.2) is 4.98 Å². The number of para-hydroxylation sites is 2. The largest absolute Gasteiger partial charge is 0.495 e. The van der Waals surface area contributed by atoms with Gasteiger partial charge in [0, 0.05) is 43.9 Å². The molecule has 0 bridgehead atoms. The first kappa shape index (κ1) is 21.9. The van der Waals surface area contributed by atoms with Crippen LogP contribution < -0.4 is 15.2 Å². The Morgan fingerprint density at radius 2 is 1.91 bits per heavy atom. The number of amides is 1. The number of anilines is 1. The number of methoxy groups -OCH3 is 1. The molecule has 1 aliphatic carbocycles. The number of nitrogens with one attached hydrogen (secondary N) is 1. The average molecular weight is 467 g/mol. The zero-order valence-electron chi connectivity index (χ0n) is 19.1. The summed E-state index contributed by atoms with van der Waals surface area (Å²) in [6.45, 7) is 2.90. The van der Waals surface area contributed by atoms with Gasteiger partial charge in [-0.2, -0.15) is 0 Å². The Morgan fingerprint density at radius 3 is 2.73 bits per heavy atom. The summed E-state index contributed by atoms with van der Waals surface area (Å²) >= 11 is 1.66. The molecule has 0 unspecified atom stereocenters. The molecule has 1 amide bonds. The van der Waals surface area contributed by atoms with E-state index >= 15 is 0 Å². The summed E-state index contributed by atoms with van der Waals surface area (Å²) in [5, 5.41) is 0.777. The van der Waals surface area contributed by atoms with Crippen LogP contribution in [0.1, 0.15) is 41.9 Å². The Hall–Kier alpha value is -2.87. The molecule has 3 aromatic rings. The van der Waals surface area contributed by atoms with Gasteiger partial charge in [0.05, 0.1) is 18.2 Å². The predicted molar refractivity (Wildman–Crippen MR) is 132 cm³/mol. The van der Waals surface area contributed by atoms with E-state index in [1.165, 1.54) is 23.3 Å². The highest BCUT2D eigenvalue weighted by atomic mass is 32.1. The second-order valence-corrected chi connectivity index (χ2v) is 9.88. The first-order valence-corrected chi connectivity index (χ1v) is 12.6. The molecule has 1 aliphatic heterocycles. The Morgan fingerprint density at radius 1 is 1.12 bits per heavy atom. The normalized spacial score (nSPS) is 16.5. The maximum Gasteiger partial charge on any atom is 0.259 e. The zero-order valence-corrected chi connectivity index (χ0v) is 19.9. The van der Waals surface area contributed by atoms with Crippen molar-refractivity contribution in [1.82, 2.24) is 14.9 Å². The molecule has 174 valence electrons. The minimum Gasteiger partial charge on any atom is -0.495 e. The van der Waals surface area contributed by atoms with Gasteiger partial charge in [0.1, 0.15) is 16.4 Å². The summed E-state index contributed by atoms with van der Waals surface area (Å²) in [5.74, 6) is 1.58. The molecule has 0 spiro atoms. The predicted octanol–water partition coefficient (Wildman–Crippen LogP) is 3.54. The molecule has 0 atom stereocenters. The monoisotopic (exact) mass is 466 g/mol. The molecule has 2 aromatic heterocycles. The van der Waals surface area contributed by atoms with Gasteiger partial charge in [0.15, 0.2) is 0 Å². The number of aromatic amines is 1. The Balaban J connectivity index is 1.21. The fraction of sp³-hybridized carbons (Fsp3) is 0.480. The van der Waals surface area contributed by atoms with E-state index in [0.29, 0.717) is 31.8 Å². The summed E-state index contributed by atoms with van der Waals surface area (Å²) in [7, 11) is 1.68. The van der Waals surface area contributed by atoms with E-state index in [1.54, 1.807) is 18.4 Å². The highest BCUT2D eigenvalue weighted by Crippen LogP contribution is 2.33. The van der Waals surface area contributed by atoms with Gasteiger partial charge >= 0.3 is 0 Å². The van der Waals surface area contributed by atoms with Crippen molar-refractivity contribution in [3.8, 4) is 5.75 Å². The summed E-state index contributed by atoms with van der Waals surface area (Å²) in [4.78, 5) is 39.7. The van der Waals surface area contributed by atoms with E-state index in [-0.39, 0.29) is 11.5 Å². The van der Waals surface area contributed by atoms with Crippen LogP contribution in [0.15, 0.2) is 29.1 Å². The first-order valence-electron chi connectivity index (χ1n) is 11.8. The molecule has 1 fully saturated rings. The van der Waals surface area contributed by atoms with E-state index in [1.807, 2.05) is 23.1 Å². The van der Waals surface area contributed by atoms with E-state index in [0.717, 1.165) is 54.0 Å². The number of nitrogens with zero attached hydrogens (tertiary/aromatic N) is 3. The SMILES string of the molecule is COc1ccccc1N1CCN(C(=O)CCc2nc3sc4c(c3c(=O)[nH]2)CCCCC4)CC1. The number of hydrogen-bond donors (Lipinski definition) is 1. The molecule has 2 aliphatic rings. The Bertz CT molecular complexity index is 1210. The van der Waals surface area contributed by atoms with Gasteiger partial charge in [-0.05, 0) is 43.4 Å². The highest BCUT2D eigenvalue weighted by molar-refractivity contribution is 7.18. The topological polar surface area (TPSA) is 78.5 Å². The molecule has 7 nitrogen and oxygen atoms in total. The molecular weight excluding hydrogens is 436 g/mol. The fourth-order valence-electron chi connectivity index (χ4n) is 4.97. The second kappa shape index (κ2) is 9.55. The third kappa shape index (κ3) is 4.49. The van der Waals surface area contributed by atoms with Crippen LogP contribution in [0, 0.1) is 0 Å². The third-order valence-electron chi connectivity index (χ3n) is 6.76. The number of ether oxygens (including phenoxy) is 1. The number of H-pyrrole nitrogens is 1. The molecule has 1 aromatic carbocycles. The maximum absolute atomic E-state index is 12.8. The van der Waals surface area contributed by atoms with E-state index < -0.39 is 0 Å². The van der Waals surface area contributed by atoms with Crippen LogP contribution in [0.2, 0.25) is 0 Å². The molecule has 0 saturated carbocycles. The van der Waals surface area contributed by atoms with Crippen molar-refractivity contribution in [1.29, 1.82) is 0 Å². The molecular formula is C25H30N4O3S. The van der Waals surface area contributed by atoms with Gasteiger partial charge in [-0.1, -0.05) is 18.6 Å². The Kier molecular flexibility index (Phi) is 6.35. The molecule has 8 heteroatoms. The maximum atomic E-state index is 12.8. The van der Waals surface area contributed by atoms with Crippen LogP contribution in [0.4, 0.5) is 5.69 Å². The lowest BCUT2D eigenvalue weighted by Gasteiger charge is -2.36. The van der Waals surface area contributed by atoms with E-state index in [9.17, 15) is 9.59 Å².